The Morgan fingerprint density at radius 2 is 1.64 bits per heavy atom. The van der Waals surface area contributed by atoms with Gasteiger partial charge in [-0.3, -0.25) is 0 Å². The highest BCUT2D eigenvalue weighted by atomic mass is 19.4. The molecule has 112 valence electrons. The monoisotopic (exact) mass is 304 g/mol. The molecule has 4 N–H and O–H groups in total. The summed E-state index contributed by atoms with van der Waals surface area (Å²) in [5.41, 5.74) is 11.4. The van der Waals surface area contributed by atoms with Gasteiger partial charge < -0.3 is 11.5 Å². The molecular weight excluding hydrogens is 293 g/mol. The van der Waals surface area contributed by atoms with E-state index in [9.17, 15) is 13.2 Å². The van der Waals surface area contributed by atoms with Crippen molar-refractivity contribution >= 4 is 22.7 Å². The molecule has 3 rings (SSSR count). The van der Waals surface area contributed by atoms with Crippen LogP contribution in [0, 0.1) is 0 Å². The van der Waals surface area contributed by atoms with Gasteiger partial charge in [0.1, 0.15) is 5.82 Å². The van der Waals surface area contributed by atoms with E-state index in [0.717, 1.165) is 6.07 Å². The summed E-state index contributed by atoms with van der Waals surface area (Å²) in [6.07, 6.45) is -4.44. The number of nitrogens with two attached hydrogens (primary N) is 2. The molecule has 0 saturated heterocycles. The number of hydrogen-bond donors (Lipinski definition) is 2. The van der Waals surface area contributed by atoms with Crippen LogP contribution in [0.2, 0.25) is 0 Å². The number of aromatic nitrogens is 2. The molecule has 22 heavy (non-hydrogen) atoms. The number of nitrogen functional groups attached to an aromatic ring is 2. The Morgan fingerprint density at radius 3 is 2.36 bits per heavy atom. The molecule has 0 bridgehead atoms. The third kappa shape index (κ3) is 2.41. The van der Waals surface area contributed by atoms with E-state index in [-0.39, 0.29) is 17.3 Å². The predicted molar refractivity (Wildman–Crippen MR) is 78.8 cm³/mol. The molecule has 0 atom stereocenters. The van der Waals surface area contributed by atoms with E-state index >= 15 is 0 Å². The maximum absolute atomic E-state index is 13.1. The molecule has 0 aliphatic carbocycles. The first-order valence-corrected chi connectivity index (χ1v) is 6.35. The molecule has 0 aliphatic heterocycles. The number of rotatable bonds is 1. The third-order valence-electron chi connectivity index (χ3n) is 3.29. The largest absolute Gasteiger partial charge is 0.417 e. The van der Waals surface area contributed by atoms with Crippen LogP contribution < -0.4 is 11.5 Å². The molecule has 3 aromatic rings. The summed E-state index contributed by atoms with van der Waals surface area (Å²) in [4.78, 5) is 7.85. The zero-order valence-electron chi connectivity index (χ0n) is 11.2. The van der Waals surface area contributed by atoms with Crippen molar-refractivity contribution in [1.82, 2.24) is 9.97 Å². The fourth-order valence-electron chi connectivity index (χ4n) is 2.32. The third-order valence-corrected chi connectivity index (χ3v) is 3.29. The lowest BCUT2D eigenvalue weighted by molar-refractivity contribution is -0.137. The van der Waals surface area contributed by atoms with Crippen LogP contribution in [-0.2, 0) is 6.18 Å². The van der Waals surface area contributed by atoms with E-state index in [1.165, 1.54) is 18.2 Å². The van der Waals surface area contributed by atoms with Crippen LogP contribution in [0.1, 0.15) is 5.56 Å². The minimum Gasteiger partial charge on any atom is -0.383 e. The number of alkyl halides is 3. The van der Waals surface area contributed by atoms with Crippen LogP contribution in [-0.4, -0.2) is 9.97 Å². The van der Waals surface area contributed by atoms with Gasteiger partial charge in [0.15, 0.2) is 0 Å². The van der Waals surface area contributed by atoms with Crippen LogP contribution in [0.3, 0.4) is 0 Å². The maximum atomic E-state index is 13.1. The first-order chi connectivity index (χ1) is 10.4. The topological polar surface area (TPSA) is 77.8 Å². The summed E-state index contributed by atoms with van der Waals surface area (Å²) in [6.45, 7) is 0. The van der Waals surface area contributed by atoms with Gasteiger partial charge in [-0.15, -0.1) is 0 Å². The Hall–Kier alpha value is -2.83. The molecule has 0 fully saturated rings. The molecule has 1 heterocycles. The van der Waals surface area contributed by atoms with Gasteiger partial charge in [-0.2, -0.15) is 18.2 Å². The summed E-state index contributed by atoms with van der Waals surface area (Å²) >= 11 is 0. The van der Waals surface area contributed by atoms with Gasteiger partial charge in [0.2, 0.25) is 5.95 Å². The minimum atomic E-state index is -4.44. The highest BCUT2D eigenvalue weighted by molar-refractivity contribution is 5.92. The minimum absolute atomic E-state index is 0.0220. The summed E-state index contributed by atoms with van der Waals surface area (Å²) in [7, 11) is 0. The SMILES string of the molecule is Nc1nc(N)c2ccc(-c3ccccc3C(F)(F)F)cc2n1. The van der Waals surface area contributed by atoms with E-state index in [2.05, 4.69) is 9.97 Å². The van der Waals surface area contributed by atoms with Crippen molar-refractivity contribution in [3.05, 3.63) is 48.0 Å². The zero-order chi connectivity index (χ0) is 15.9. The molecule has 0 radical (unpaired) electrons. The molecule has 0 aliphatic rings. The molecule has 4 nitrogen and oxygen atoms in total. The molecule has 2 aromatic carbocycles. The highest BCUT2D eigenvalue weighted by Crippen LogP contribution is 2.37. The van der Waals surface area contributed by atoms with Crippen LogP contribution in [0.5, 0.6) is 0 Å². The number of hydrogen-bond acceptors (Lipinski definition) is 4. The Labute approximate surface area is 123 Å². The lowest BCUT2D eigenvalue weighted by atomic mass is 9.98. The number of benzene rings is 2. The smallest absolute Gasteiger partial charge is 0.383 e. The van der Waals surface area contributed by atoms with Gasteiger partial charge in [-0.1, -0.05) is 24.3 Å². The molecule has 0 unspecified atom stereocenters. The van der Waals surface area contributed by atoms with Gasteiger partial charge in [0.25, 0.3) is 0 Å². The number of fused-ring (bicyclic) bond motifs is 1. The van der Waals surface area contributed by atoms with E-state index < -0.39 is 11.7 Å². The van der Waals surface area contributed by atoms with Crippen LogP contribution in [0.4, 0.5) is 24.9 Å². The lowest BCUT2D eigenvalue weighted by Crippen LogP contribution is -2.07. The average Bonchev–Trinajstić information content (AvgIpc) is 2.45. The number of halogens is 3. The zero-order valence-corrected chi connectivity index (χ0v) is 11.2. The summed E-state index contributed by atoms with van der Waals surface area (Å²) < 4.78 is 39.3. The van der Waals surface area contributed by atoms with Crippen molar-refractivity contribution in [1.29, 1.82) is 0 Å². The molecule has 0 amide bonds. The molecule has 0 spiro atoms. The van der Waals surface area contributed by atoms with Gasteiger partial charge in [-0.05, 0) is 29.3 Å². The van der Waals surface area contributed by atoms with Gasteiger partial charge in [0.05, 0.1) is 11.1 Å². The predicted octanol–water partition coefficient (Wildman–Crippen LogP) is 3.48. The average molecular weight is 304 g/mol. The molecule has 0 saturated carbocycles. The number of anilines is 2. The van der Waals surface area contributed by atoms with Gasteiger partial charge in [0, 0.05) is 5.39 Å². The van der Waals surface area contributed by atoms with Gasteiger partial charge in [-0.25, -0.2) is 4.98 Å². The van der Waals surface area contributed by atoms with Crippen molar-refractivity contribution < 1.29 is 13.2 Å². The Balaban J connectivity index is 2.24. The van der Waals surface area contributed by atoms with Crippen LogP contribution in [0.15, 0.2) is 42.5 Å². The van der Waals surface area contributed by atoms with E-state index in [1.807, 2.05) is 0 Å². The molecule has 7 heteroatoms. The summed E-state index contributed by atoms with van der Waals surface area (Å²) in [6, 6.07) is 10.0. The van der Waals surface area contributed by atoms with Crippen LogP contribution in [0.25, 0.3) is 22.0 Å². The number of nitrogens with zero attached hydrogens (tertiary/aromatic N) is 2. The maximum Gasteiger partial charge on any atom is 0.417 e. The van der Waals surface area contributed by atoms with Crippen LogP contribution >= 0.6 is 0 Å². The fourth-order valence-corrected chi connectivity index (χ4v) is 2.32. The lowest BCUT2D eigenvalue weighted by Gasteiger charge is -2.13. The van der Waals surface area contributed by atoms with E-state index in [1.54, 1.807) is 18.2 Å². The second-order valence-electron chi connectivity index (χ2n) is 4.74. The molecule has 1 aromatic heterocycles. The van der Waals surface area contributed by atoms with Crippen molar-refractivity contribution in [2.75, 3.05) is 11.5 Å². The fraction of sp³-hybridized carbons (Fsp3) is 0.0667. The van der Waals surface area contributed by atoms with Crippen molar-refractivity contribution in [3.63, 3.8) is 0 Å². The quantitative estimate of drug-likeness (QED) is 0.721. The second kappa shape index (κ2) is 4.87. The normalized spacial score (nSPS) is 11.8. The second-order valence-corrected chi connectivity index (χ2v) is 4.74. The Bertz CT molecular complexity index is 859. The van der Waals surface area contributed by atoms with Crippen molar-refractivity contribution in [2.24, 2.45) is 0 Å². The Morgan fingerprint density at radius 1 is 0.909 bits per heavy atom. The standard InChI is InChI=1S/C15H11F3N4/c16-15(17,18)11-4-2-1-3-9(11)8-5-6-10-12(7-8)21-14(20)22-13(10)19/h1-7H,(H4,19,20,21,22). The van der Waals surface area contributed by atoms with E-state index in [0.29, 0.717) is 16.5 Å². The summed E-state index contributed by atoms with van der Waals surface area (Å²) in [5, 5.41) is 0.544. The van der Waals surface area contributed by atoms with Crippen molar-refractivity contribution in [2.45, 2.75) is 6.18 Å². The van der Waals surface area contributed by atoms with Crippen molar-refractivity contribution in [3.8, 4) is 11.1 Å². The Kier molecular flexibility index (Phi) is 3.13. The molecular formula is C15H11F3N4. The van der Waals surface area contributed by atoms with Gasteiger partial charge >= 0.3 is 6.18 Å². The van der Waals surface area contributed by atoms with E-state index in [4.69, 9.17) is 11.5 Å². The first-order valence-electron chi connectivity index (χ1n) is 6.35. The first kappa shape index (κ1) is 14.1. The summed E-state index contributed by atoms with van der Waals surface area (Å²) in [5.74, 6) is 0.171. The highest BCUT2D eigenvalue weighted by Gasteiger charge is 2.33.